The van der Waals surface area contributed by atoms with E-state index < -0.39 is 11.7 Å². The number of nitrogens with zero attached hydrogens (tertiary/aromatic N) is 1. The topological polar surface area (TPSA) is 41.6 Å². The molecule has 1 N–H and O–H groups in total. The number of hydrogen-bond acceptors (Lipinski definition) is 3. The van der Waals surface area contributed by atoms with Crippen LogP contribution in [0.25, 0.3) is 0 Å². The molecular weight excluding hydrogens is 309 g/mol. The van der Waals surface area contributed by atoms with Gasteiger partial charge in [-0.15, -0.1) is 0 Å². The molecule has 1 saturated heterocycles. The second-order valence-electron chi connectivity index (χ2n) is 4.54. The second-order valence-corrected chi connectivity index (χ2v) is 4.95. The highest BCUT2D eigenvalue weighted by atomic mass is 35.5. The molecule has 0 radical (unpaired) electrons. The molecule has 1 fully saturated rings. The first-order valence-electron chi connectivity index (χ1n) is 6.34. The van der Waals surface area contributed by atoms with Gasteiger partial charge in [0.2, 0.25) is 5.91 Å². The maximum atomic E-state index is 12.7. The van der Waals surface area contributed by atoms with Gasteiger partial charge in [0.05, 0.1) is 30.3 Å². The minimum atomic E-state index is -4.52. The molecule has 21 heavy (non-hydrogen) atoms. The van der Waals surface area contributed by atoms with Crippen LogP contribution in [-0.2, 0) is 15.7 Å². The summed E-state index contributed by atoms with van der Waals surface area (Å²) in [6.07, 6.45) is -4.52. The highest BCUT2D eigenvalue weighted by Crippen LogP contribution is 2.36. The van der Waals surface area contributed by atoms with Gasteiger partial charge >= 0.3 is 6.18 Å². The SMILES string of the molecule is O=C(CNc1ccc(Cl)c(C(F)(F)F)c1)N1CCOCC1. The Morgan fingerprint density at radius 2 is 2.00 bits per heavy atom. The lowest BCUT2D eigenvalue weighted by Crippen LogP contribution is -2.43. The van der Waals surface area contributed by atoms with E-state index in [2.05, 4.69) is 5.32 Å². The Bertz CT molecular complexity index is 517. The summed E-state index contributed by atoms with van der Waals surface area (Å²) < 4.78 is 43.3. The zero-order chi connectivity index (χ0) is 15.5. The normalized spacial score (nSPS) is 15.9. The maximum Gasteiger partial charge on any atom is 0.417 e. The molecule has 1 aliphatic heterocycles. The third-order valence-electron chi connectivity index (χ3n) is 3.08. The predicted octanol–water partition coefficient (Wildman–Crippen LogP) is 2.63. The van der Waals surface area contributed by atoms with E-state index in [0.29, 0.717) is 26.3 Å². The highest BCUT2D eigenvalue weighted by Gasteiger charge is 2.33. The lowest BCUT2D eigenvalue weighted by Gasteiger charge is -2.27. The molecule has 0 spiro atoms. The number of hydrogen-bond donors (Lipinski definition) is 1. The van der Waals surface area contributed by atoms with Crippen molar-refractivity contribution in [2.75, 3.05) is 38.2 Å². The number of anilines is 1. The van der Waals surface area contributed by atoms with Gasteiger partial charge in [-0.3, -0.25) is 4.79 Å². The van der Waals surface area contributed by atoms with Crippen molar-refractivity contribution in [3.05, 3.63) is 28.8 Å². The molecule has 0 atom stereocenters. The average Bonchev–Trinajstić information content (AvgIpc) is 2.45. The van der Waals surface area contributed by atoms with Gasteiger partial charge in [0.1, 0.15) is 0 Å². The van der Waals surface area contributed by atoms with Crippen molar-refractivity contribution in [3.8, 4) is 0 Å². The fraction of sp³-hybridized carbons (Fsp3) is 0.462. The molecule has 4 nitrogen and oxygen atoms in total. The average molecular weight is 323 g/mol. The number of halogens is 4. The highest BCUT2D eigenvalue weighted by molar-refractivity contribution is 6.31. The van der Waals surface area contributed by atoms with Crippen LogP contribution in [0, 0.1) is 0 Å². The van der Waals surface area contributed by atoms with Gasteiger partial charge in [-0.2, -0.15) is 13.2 Å². The molecule has 1 aromatic carbocycles. The number of amides is 1. The number of alkyl halides is 3. The van der Waals surface area contributed by atoms with Gasteiger partial charge in [-0.1, -0.05) is 11.6 Å². The van der Waals surface area contributed by atoms with Crippen LogP contribution in [0.3, 0.4) is 0 Å². The van der Waals surface area contributed by atoms with E-state index >= 15 is 0 Å². The third-order valence-corrected chi connectivity index (χ3v) is 3.41. The fourth-order valence-electron chi connectivity index (χ4n) is 1.95. The Morgan fingerprint density at radius 3 is 2.62 bits per heavy atom. The van der Waals surface area contributed by atoms with Crippen LogP contribution in [-0.4, -0.2) is 43.7 Å². The van der Waals surface area contributed by atoms with Crippen LogP contribution in [0.2, 0.25) is 5.02 Å². The minimum absolute atomic E-state index is 0.0705. The predicted molar refractivity (Wildman–Crippen MR) is 72.3 cm³/mol. The summed E-state index contributed by atoms with van der Waals surface area (Å²) in [4.78, 5) is 13.5. The zero-order valence-electron chi connectivity index (χ0n) is 11.0. The van der Waals surface area contributed by atoms with Gasteiger partial charge < -0.3 is 15.0 Å². The van der Waals surface area contributed by atoms with Crippen molar-refractivity contribution >= 4 is 23.2 Å². The summed E-state index contributed by atoms with van der Waals surface area (Å²) in [6.45, 7) is 1.87. The quantitative estimate of drug-likeness (QED) is 0.930. The number of rotatable bonds is 3. The first-order valence-corrected chi connectivity index (χ1v) is 6.72. The van der Waals surface area contributed by atoms with Gasteiger partial charge in [0.25, 0.3) is 0 Å². The number of carbonyl (C=O) groups is 1. The number of carbonyl (C=O) groups excluding carboxylic acids is 1. The molecule has 0 aliphatic carbocycles. The van der Waals surface area contributed by atoms with Crippen molar-refractivity contribution in [2.45, 2.75) is 6.18 Å². The number of ether oxygens (including phenoxy) is 1. The van der Waals surface area contributed by atoms with Crippen LogP contribution < -0.4 is 5.32 Å². The zero-order valence-corrected chi connectivity index (χ0v) is 11.8. The lowest BCUT2D eigenvalue weighted by atomic mass is 10.2. The van der Waals surface area contributed by atoms with E-state index in [1.165, 1.54) is 6.07 Å². The van der Waals surface area contributed by atoms with E-state index in [1.54, 1.807) is 4.90 Å². The first kappa shape index (κ1) is 15.9. The Kier molecular flexibility index (Phi) is 4.95. The molecule has 1 aromatic rings. The van der Waals surface area contributed by atoms with Crippen molar-refractivity contribution < 1.29 is 22.7 Å². The summed E-state index contributed by atoms with van der Waals surface area (Å²) in [5, 5.41) is 2.32. The Morgan fingerprint density at radius 1 is 1.33 bits per heavy atom. The summed E-state index contributed by atoms with van der Waals surface area (Å²) in [5.41, 5.74) is -0.721. The van der Waals surface area contributed by atoms with Crippen LogP contribution in [0.15, 0.2) is 18.2 Å². The van der Waals surface area contributed by atoms with E-state index in [4.69, 9.17) is 16.3 Å². The van der Waals surface area contributed by atoms with E-state index in [9.17, 15) is 18.0 Å². The monoisotopic (exact) mass is 322 g/mol. The van der Waals surface area contributed by atoms with Crippen LogP contribution >= 0.6 is 11.6 Å². The van der Waals surface area contributed by atoms with E-state index in [-0.39, 0.29) is 23.2 Å². The largest absolute Gasteiger partial charge is 0.417 e. The molecule has 2 rings (SSSR count). The van der Waals surface area contributed by atoms with E-state index in [0.717, 1.165) is 12.1 Å². The Balaban J connectivity index is 1.98. The fourth-order valence-corrected chi connectivity index (χ4v) is 2.18. The lowest BCUT2D eigenvalue weighted by molar-refractivity contribution is -0.137. The molecule has 8 heteroatoms. The molecule has 0 saturated carbocycles. The summed E-state index contributed by atoms with van der Waals surface area (Å²) >= 11 is 5.53. The van der Waals surface area contributed by atoms with Crippen LogP contribution in [0.4, 0.5) is 18.9 Å². The number of morpholine rings is 1. The molecule has 1 amide bonds. The van der Waals surface area contributed by atoms with Gasteiger partial charge in [0.15, 0.2) is 0 Å². The van der Waals surface area contributed by atoms with Crippen LogP contribution in [0.5, 0.6) is 0 Å². The number of nitrogens with one attached hydrogen (secondary N) is 1. The Labute approximate surface area is 124 Å². The standard InChI is InChI=1S/C13H14ClF3N2O2/c14-11-2-1-9(7-10(11)13(15,16)17)18-8-12(20)19-3-5-21-6-4-19/h1-2,7,18H,3-6,8H2. The maximum absolute atomic E-state index is 12.7. The van der Waals surface area contributed by atoms with Gasteiger partial charge in [-0.05, 0) is 18.2 Å². The first-order chi connectivity index (χ1) is 9.88. The molecule has 1 aliphatic rings. The molecule has 0 unspecified atom stereocenters. The summed E-state index contributed by atoms with van der Waals surface area (Å²) in [7, 11) is 0. The van der Waals surface area contributed by atoms with Crippen molar-refractivity contribution in [2.24, 2.45) is 0 Å². The van der Waals surface area contributed by atoms with Crippen molar-refractivity contribution in [1.82, 2.24) is 4.90 Å². The molecule has 0 aromatic heterocycles. The molecule has 0 bridgehead atoms. The molecule has 116 valence electrons. The molecule has 1 heterocycles. The van der Waals surface area contributed by atoms with E-state index in [1.807, 2.05) is 0 Å². The van der Waals surface area contributed by atoms with Gasteiger partial charge in [0, 0.05) is 18.8 Å². The van der Waals surface area contributed by atoms with Crippen LogP contribution in [0.1, 0.15) is 5.56 Å². The third kappa shape index (κ3) is 4.25. The van der Waals surface area contributed by atoms with Crippen molar-refractivity contribution in [3.63, 3.8) is 0 Å². The molecular formula is C13H14ClF3N2O2. The smallest absolute Gasteiger partial charge is 0.378 e. The summed E-state index contributed by atoms with van der Waals surface area (Å²) in [6, 6.07) is 3.46. The van der Waals surface area contributed by atoms with Gasteiger partial charge in [-0.25, -0.2) is 0 Å². The Hall–Kier alpha value is -1.47. The minimum Gasteiger partial charge on any atom is -0.378 e. The van der Waals surface area contributed by atoms with Crippen molar-refractivity contribution in [1.29, 1.82) is 0 Å². The second kappa shape index (κ2) is 6.53. The number of benzene rings is 1. The summed E-state index contributed by atoms with van der Waals surface area (Å²) in [5.74, 6) is -0.179.